The van der Waals surface area contributed by atoms with Gasteiger partial charge in [0.15, 0.2) is 0 Å². The van der Waals surface area contributed by atoms with Crippen LogP contribution in [0, 0.1) is 6.92 Å². The second-order valence-corrected chi connectivity index (χ2v) is 10.0. The van der Waals surface area contributed by atoms with E-state index in [2.05, 4.69) is 10.5 Å². The number of amides is 1. The molecule has 3 aromatic rings. The molecule has 3 aromatic carbocycles. The molecule has 9 heteroatoms. The van der Waals surface area contributed by atoms with Crippen LogP contribution in [-0.2, 0) is 16.6 Å². The number of hydrogen-bond acceptors (Lipinski definition) is 4. The lowest BCUT2D eigenvalue weighted by molar-refractivity contribution is 0.0955. The molecule has 0 bridgehead atoms. The zero-order valence-corrected chi connectivity index (χ0v) is 19.7. The van der Waals surface area contributed by atoms with Crippen LogP contribution in [0.15, 0.2) is 76.7 Å². The number of benzene rings is 3. The average Bonchev–Trinajstić information content (AvgIpc) is 2.76. The number of nitrogens with zero attached hydrogens (tertiary/aromatic N) is 2. The van der Waals surface area contributed by atoms with Crippen LogP contribution in [0.3, 0.4) is 0 Å². The van der Waals surface area contributed by atoms with Crippen LogP contribution in [0.4, 0.5) is 0 Å². The molecule has 0 aliphatic rings. The second-order valence-electron chi connectivity index (χ2n) is 7.14. The predicted molar refractivity (Wildman–Crippen MR) is 128 cm³/mol. The normalized spacial score (nSPS) is 11.8. The molecule has 166 valence electrons. The number of carbonyl (C=O) groups is 1. The third-order valence-electron chi connectivity index (χ3n) is 4.68. The van der Waals surface area contributed by atoms with Crippen molar-refractivity contribution in [2.24, 2.45) is 5.10 Å². The molecule has 1 amide bonds. The van der Waals surface area contributed by atoms with Crippen molar-refractivity contribution in [1.29, 1.82) is 0 Å². The molecule has 0 heterocycles. The Hall–Kier alpha value is -2.71. The van der Waals surface area contributed by atoms with E-state index in [-0.39, 0.29) is 11.4 Å². The minimum Gasteiger partial charge on any atom is -0.267 e. The lowest BCUT2D eigenvalue weighted by atomic mass is 10.1. The number of nitrogens with one attached hydrogen (secondary N) is 1. The maximum absolute atomic E-state index is 12.7. The van der Waals surface area contributed by atoms with E-state index < -0.39 is 15.9 Å². The Morgan fingerprint density at radius 2 is 1.69 bits per heavy atom. The highest BCUT2D eigenvalue weighted by molar-refractivity contribution is 7.89. The van der Waals surface area contributed by atoms with Crippen molar-refractivity contribution >= 4 is 45.3 Å². The van der Waals surface area contributed by atoms with Gasteiger partial charge in [0.1, 0.15) is 0 Å². The summed E-state index contributed by atoms with van der Waals surface area (Å²) in [5.74, 6) is -0.404. The minimum atomic E-state index is -3.61. The summed E-state index contributed by atoms with van der Waals surface area (Å²) in [5, 5.41) is 4.84. The van der Waals surface area contributed by atoms with Gasteiger partial charge in [0.25, 0.3) is 5.91 Å². The largest absolute Gasteiger partial charge is 0.271 e. The zero-order chi connectivity index (χ0) is 23.3. The van der Waals surface area contributed by atoms with Crippen molar-refractivity contribution in [1.82, 2.24) is 9.73 Å². The van der Waals surface area contributed by atoms with Crippen LogP contribution >= 0.6 is 23.2 Å². The van der Waals surface area contributed by atoms with Gasteiger partial charge in [-0.25, -0.2) is 13.8 Å². The van der Waals surface area contributed by atoms with Crippen molar-refractivity contribution in [2.75, 3.05) is 7.05 Å². The van der Waals surface area contributed by atoms with E-state index in [0.717, 1.165) is 11.1 Å². The summed E-state index contributed by atoms with van der Waals surface area (Å²) >= 11 is 11.9. The second kappa shape index (κ2) is 10.3. The van der Waals surface area contributed by atoms with Crippen molar-refractivity contribution < 1.29 is 13.2 Å². The Morgan fingerprint density at radius 1 is 1.03 bits per heavy atom. The van der Waals surface area contributed by atoms with Gasteiger partial charge in [0, 0.05) is 29.7 Å². The fourth-order valence-electron chi connectivity index (χ4n) is 2.82. The summed E-state index contributed by atoms with van der Waals surface area (Å²) in [6, 6.07) is 18.3. The molecule has 0 aliphatic carbocycles. The first-order valence-electron chi connectivity index (χ1n) is 9.57. The molecule has 0 fully saturated rings. The number of rotatable bonds is 7. The van der Waals surface area contributed by atoms with Gasteiger partial charge in [-0.05, 0) is 48.9 Å². The third kappa shape index (κ3) is 5.95. The van der Waals surface area contributed by atoms with Gasteiger partial charge < -0.3 is 0 Å². The first-order chi connectivity index (χ1) is 15.2. The highest BCUT2D eigenvalue weighted by Crippen LogP contribution is 2.20. The van der Waals surface area contributed by atoms with Crippen molar-refractivity contribution in [3.05, 3.63) is 99.0 Å². The molecule has 6 nitrogen and oxygen atoms in total. The van der Waals surface area contributed by atoms with Crippen molar-refractivity contribution in [3.63, 3.8) is 0 Å². The molecular formula is C23H21Cl2N3O3S. The quantitative estimate of drug-likeness (QED) is 0.379. The Bertz CT molecular complexity index is 1240. The van der Waals surface area contributed by atoms with Crippen LogP contribution in [0.1, 0.15) is 27.0 Å². The molecule has 0 atom stereocenters. The monoisotopic (exact) mass is 489 g/mol. The Kier molecular flexibility index (Phi) is 7.69. The van der Waals surface area contributed by atoms with E-state index in [9.17, 15) is 13.2 Å². The van der Waals surface area contributed by atoms with E-state index in [4.69, 9.17) is 23.2 Å². The van der Waals surface area contributed by atoms with Crippen LogP contribution in [0.25, 0.3) is 0 Å². The maximum atomic E-state index is 12.7. The summed E-state index contributed by atoms with van der Waals surface area (Å²) in [6.07, 6.45) is 1.43. The average molecular weight is 490 g/mol. The number of sulfonamides is 1. The molecular weight excluding hydrogens is 469 g/mol. The lowest BCUT2D eigenvalue weighted by Crippen LogP contribution is -2.26. The Morgan fingerprint density at radius 3 is 2.31 bits per heavy atom. The zero-order valence-electron chi connectivity index (χ0n) is 17.4. The molecule has 1 N–H and O–H groups in total. The summed E-state index contributed by atoms with van der Waals surface area (Å²) in [5.41, 5.74) is 5.17. The fourth-order valence-corrected chi connectivity index (χ4v) is 4.44. The van der Waals surface area contributed by atoms with E-state index in [0.29, 0.717) is 21.2 Å². The summed E-state index contributed by atoms with van der Waals surface area (Å²) in [6.45, 7) is 2.07. The molecule has 32 heavy (non-hydrogen) atoms. The maximum Gasteiger partial charge on any atom is 0.271 e. The summed E-state index contributed by atoms with van der Waals surface area (Å²) in [7, 11) is -2.09. The molecule has 0 saturated heterocycles. The SMILES string of the molecule is Cc1ccc(S(=O)(=O)N(C)Cc2ccc(C(=O)NN=Cc3ccc(Cl)cc3Cl)cc2)cc1. The Balaban J connectivity index is 1.62. The summed E-state index contributed by atoms with van der Waals surface area (Å²) < 4.78 is 26.7. The first kappa shape index (κ1) is 23.9. The van der Waals surface area contributed by atoms with Crippen LogP contribution in [0.2, 0.25) is 10.0 Å². The molecule has 3 rings (SSSR count). The van der Waals surface area contributed by atoms with E-state index >= 15 is 0 Å². The van der Waals surface area contributed by atoms with Gasteiger partial charge in [-0.15, -0.1) is 0 Å². The van der Waals surface area contributed by atoms with Crippen LogP contribution < -0.4 is 5.43 Å². The van der Waals surface area contributed by atoms with Gasteiger partial charge in [0.2, 0.25) is 10.0 Å². The van der Waals surface area contributed by atoms with Gasteiger partial charge in [-0.3, -0.25) is 4.79 Å². The number of hydrazone groups is 1. The van der Waals surface area contributed by atoms with E-state index in [1.165, 1.54) is 17.6 Å². The minimum absolute atomic E-state index is 0.172. The van der Waals surface area contributed by atoms with Gasteiger partial charge in [0.05, 0.1) is 16.1 Å². The number of halogens is 2. The highest BCUT2D eigenvalue weighted by Gasteiger charge is 2.20. The molecule has 0 radical (unpaired) electrons. The van der Waals surface area contributed by atoms with E-state index in [1.54, 1.807) is 66.7 Å². The van der Waals surface area contributed by atoms with Gasteiger partial charge in [-0.2, -0.15) is 9.41 Å². The van der Waals surface area contributed by atoms with Crippen molar-refractivity contribution in [3.8, 4) is 0 Å². The van der Waals surface area contributed by atoms with Gasteiger partial charge >= 0.3 is 0 Å². The number of hydrogen-bond donors (Lipinski definition) is 1. The fraction of sp³-hybridized carbons (Fsp3) is 0.130. The first-order valence-corrected chi connectivity index (χ1v) is 11.8. The summed E-state index contributed by atoms with van der Waals surface area (Å²) in [4.78, 5) is 12.5. The van der Waals surface area contributed by atoms with E-state index in [1.807, 2.05) is 6.92 Å². The topological polar surface area (TPSA) is 78.8 Å². The third-order valence-corrected chi connectivity index (χ3v) is 7.06. The van der Waals surface area contributed by atoms with Crippen molar-refractivity contribution in [2.45, 2.75) is 18.4 Å². The predicted octanol–water partition coefficient (Wildman–Crippen LogP) is 4.89. The van der Waals surface area contributed by atoms with Gasteiger partial charge in [-0.1, -0.05) is 59.1 Å². The molecule has 0 spiro atoms. The molecule has 0 aromatic heterocycles. The lowest BCUT2D eigenvalue weighted by Gasteiger charge is -2.17. The Labute approximate surface area is 197 Å². The molecule has 0 aliphatic heterocycles. The highest BCUT2D eigenvalue weighted by atomic mass is 35.5. The smallest absolute Gasteiger partial charge is 0.267 e. The molecule has 0 unspecified atom stereocenters. The van der Waals surface area contributed by atoms with Crippen LogP contribution in [0.5, 0.6) is 0 Å². The number of aryl methyl sites for hydroxylation is 1. The van der Waals surface area contributed by atoms with Crippen LogP contribution in [-0.4, -0.2) is 31.9 Å². The standard InChI is InChI=1S/C23H21Cl2N3O3S/c1-16-3-11-21(12-4-16)32(30,31)28(2)15-17-5-7-18(8-6-17)23(29)27-26-14-19-9-10-20(24)13-22(19)25/h3-14H,15H2,1-2H3,(H,27,29). The number of carbonyl (C=O) groups excluding carboxylic acids is 1. The molecule has 0 saturated carbocycles.